The van der Waals surface area contributed by atoms with E-state index in [1.165, 1.54) is 0 Å². The molecule has 20 heavy (non-hydrogen) atoms. The fourth-order valence-electron chi connectivity index (χ4n) is 2.34. The zero-order valence-corrected chi connectivity index (χ0v) is 12.9. The molecule has 0 aliphatic heterocycles. The van der Waals surface area contributed by atoms with Crippen LogP contribution in [0.15, 0.2) is 47.3 Å². The zero-order valence-electron chi connectivity index (χ0n) is 11.3. The smallest absolute Gasteiger partial charge is 0.130 e. The Balaban J connectivity index is 1.97. The third kappa shape index (κ3) is 2.41. The highest BCUT2D eigenvalue weighted by atomic mass is 79.9. The quantitative estimate of drug-likeness (QED) is 0.791. The monoisotopic (exact) mass is 330 g/mol. The molecule has 102 valence electrons. The molecule has 0 radical (unpaired) electrons. The average molecular weight is 331 g/mol. The molecule has 2 heterocycles. The Bertz CT molecular complexity index is 750. The van der Waals surface area contributed by atoms with Crippen LogP contribution in [0.25, 0.3) is 10.9 Å². The number of hydrogen-bond donors (Lipinski definition) is 1. The normalized spacial score (nSPS) is 12.6. The van der Waals surface area contributed by atoms with Crippen LogP contribution < -0.4 is 5.32 Å². The van der Waals surface area contributed by atoms with Crippen molar-refractivity contribution in [3.63, 3.8) is 0 Å². The van der Waals surface area contributed by atoms with E-state index in [0.717, 1.165) is 26.9 Å². The van der Waals surface area contributed by atoms with Gasteiger partial charge in [0.05, 0.1) is 17.2 Å². The van der Waals surface area contributed by atoms with E-state index >= 15 is 0 Å². The molecular formula is C15H15BrN4. The highest BCUT2D eigenvalue weighted by Crippen LogP contribution is 2.26. The topological polar surface area (TPSA) is 42.7 Å². The van der Waals surface area contributed by atoms with E-state index in [9.17, 15) is 0 Å². The molecule has 0 bridgehead atoms. The number of para-hydroxylation sites is 1. The van der Waals surface area contributed by atoms with Gasteiger partial charge in [-0.1, -0.05) is 12.1 Å². The van der Waals surface area contributed by atoms with Crippen molar-refractivity contribution >= 4 is 32.5 Å². The number of nitrogens with one attached hydrogen (secondary N) is 1. The van der Waals surface area contributed by atoms with Crippen molar-refractivity contribution in [1.82, 2.24) is 14.5 Å². The zero-order chi connectivity index (χ0) is 14.1. The van der Waals surface area contributed by atoms with Gasteiger partial charge in [-0.15, -0.1) is 0 Å². The van der Waals surface area contributed by atoms with Gasteiger partial charge in [-0.25, -0.2) is 4.98 Å². The first-order chi connectivity index (χ1) is 9.65. The molecule has 1 N–H and O–H groups in total. The van der Waals surface area contributed by atoms with Crippen molar-refractivity contribution in [1.29, 1.82) is 0 Å². The predicted molar refractivity (Wildman–Crippen MR) is 84.7 cm³/mol. The van der Waals surface area contributed by atoms with E-state index in [0.29, 0.717) is 0 Å². The first-order valence-corrected chi connectivity index (χ1v) is 7.22. The number of halogens is 1. The van der Waals surface area contributed by atoms with Crippen molar-refractivity contribution in [2.75, 3.05) is 5.32 Å². The van der Waals surface area contributed by atoms with Crippen LogP contribution in [0.5, 0.6) is 0 Å². The van der Waals surface area contributed by atoms with Crippen LogP contribution in [0.3, 0.4) is 0 Å². The van der Waals surface area contributed by atoms with Gasteiger partial charge in [0.1, 0.15) is 5.82 Å². The standard InChI is InChI=1S/C15H15BrN4/c1-10(15-17-6-7-20(15)2)19-13-5-3-4-11-8-12(16)9-18-14(11)13/h3-10,19H,1-2H3. The summed E-state index contributed by atoms with van der Waals surface area (Å²) < 4.78 is 3.01. The maximum absolute atomic E-state index is 4.50. The SMILES string of the molecule is CC(Nc1cccc2cc(Br)cnc12)c1nccn1C. The number of hydrogen-bond acceptors (Lipinski definition) is 3. The molecule has 0 fully saturated rings. The lowest BCUT2D eigenvalue weighted by Crippen LogP contribution is -2.12. The minimum atomic E-state index is 0.117. The van der Waals surface area contributed by atoms with Crippen LogP contribution in [0.1, 0.15) is 18.8 Å². The van der Waals surface area contributed by atoms with Crippen molar-refractivity contribution in [2.45, 2.75) is 13.0 Å². The van der Waals surface area contributed by atoms with Gasteiger partial charge in [0.25, 0.3) is 0 Å². The Hall–Kier alpha value is -1.88. The van der Waals surface area contributed by atoms with Gasteiger partial charge in [0.2, 0.25) is 0 Å². The minimum Gasteiger partial charge on any atom is -0.374 e. The number of aromatic nitrogens is 3. The Kier molecular flexibility index (Phi) is 3.44. The summed E-state index contributed by atoms with van der Waals surface area (Å²) in [4.78, 5) is 8.88. The molecule has 0 aliphatic rings. The predicted octanol–water partition coefficient (Wildman–Crippen LogP) is 3.90. The fraction of sp³-hybridized carbons (Fsp3) is 0.200. The van der Waals surface area contributed by atoms with Crippen LogP contribution in [0, 0.1) is 0 Å². The van der Waals surface area contributed by atoms with Crippen LogP contribution in [-0.4, -0.2) is 14.5 Å². The van der Waals surface area contributed by atoms with Crippen molar-refractivity contribution in [3.05, 3.63) is 53.2 Å². The van der Waals surface area contributed by atoms with E-state index in [1.807, 2.05) is 42.3 Å². The number of anilines is 1. The summed E-state index contributed by atoms with van der Waals surface area (Å²) in [6.45, 7) is 2.10. The molecule has 0 aliphatic carbocycles. The molecule has 1 aromatic carbocycles. The van der Waals surface area contributed by atoms with Crippen LogP contribution in [0.4, 0.5) is 5.69 Å². The van der Waals surface area contributed by atoms with Gasteiger partial charge in [-0.3, -0.25) is 4.98 Å². The molecule has 2 aromatic heterocycles. The highest BCUT2D eigenvalue weighted by Gasteiger charge is 2.12. The summed E-state index contributed by atoms with van der Waals surface area (Å²) in [6, 6.07) is 8.32. The lowest BCUT2D eigenvalue weighted by molar-refractivity contribution is 0.722. The summed E-state index contributed by atoms with van der Waals surface area (Å²) in [5.74, 6) is 0.999. The summed E-state index contributed by atoms with van der Waals surface area (Å²) in [5.41, 5.74) is 1.99. The van der Waals surface area contributed by atoms with E-state index in [1.54, 1.807) is 0 Å². The van der Waals surface area contributed by atoms with E-state index in [2.05, 4.69) is 50.3 Å². The second kappa shape index (κ2) is 5.25. The molecule has 0 spiro atoms. The van der Waals surface area contributed by atoms with Gasteiger partial charge < -0.3 is 9.88 Å². The van der Waals surface area contributed by atoms with Crippen molar-refractivity contribution in [3.8, 4) is 0 Å². The largest absolute Gasteiger partial charge is 0.374 e. The summed E-state index contributed by atoms with van der Waals surface area (Å²) in [7, 11) is 2.00. The third-order valence-corrected chi connectivity index (χ3v) is 3.73. The molecule has 0 amide bonds. The Morgan fingerprint density at radius 1 is 1.30 bits per heavy atom. The molecule has 1 atom stereocenters. The van der Waals surface area contributed by atoms with Gasteiger partial charge >= 0.3 is 0 Å². The lowest BCUT2D eigenvalue weighted by atomic mass is 10.1. The molecule has 3 rings (SSSR count). The molecule has 1 unspecified atom stereocenters. The van der Waals surface area contributed by atoms with Gasteiger partial charge in [0.15, 0.2) is 0 Å². The second-order valence-electron chi connectivity index (χ2n) is 4.79. The number of aryl methyl sites for hydroxylation is 1. The van der Waals surface area contributed by atoms with Crippen molar-refractivity contribution < 1.29 is 0 Å². The molecule has 0 saturated heterocycles. The Morgan fingerprint density at radius 2 is 2.15 bits per heavy atom. The number of benzene rings is 1. The number of imidazole rings is 1. The molecule has 3 aromatic rings. The summed E-state index contributed by atoms with van der Waals surface area (Å²) >= 11 is 3.45. The van der Waals surface area contributed by atoms with Gasteiger partial charge in [-0.05, 0) is 35.0 Å². The summed E-state index contributed by atoms with van der Waals surface area (Å²) in [5, 5.41) is 4.59. The first-order valence-electron chi connectivity index (χ1n) is 6.43. The number of pyridine rings is 1. The van der Waals surface area contributed by atoms with Crippen LogP contribution >= 0.6 is 15.9 Å². The minimum absolute atomic E-state index is 0.117. The number of rotatable bonds is 3. The van der Waals surface area contributed by atoms with Gasteiger partial charge in [-0.2, -0.15) is 0 Å². The average Bonchev–Trinajstić information content (AvgIpc) is 2.85. The first kappa shape index (κ1) is 13.1. The van der Waals surface area contributed by atoms with E-state index < -0.39 is 0 Å². The molecule has 5 heteroatoms. The molecule has 4 nitrogen and oxygen atoms in total. The maximum atomic E-state index is 4.50. The molecular weight excluding hydrogens is 316 g/mol. The summed E-state index contributed by atoms with van der Waals surface area (Å²) in [6.07, 6.45) is 5.58. The second-order valence-corrected chi connectivity index (χ2v) is 5.71. The van der Waals surface area contributed by atoms with Crippen LogP contribution in [0.2, 0.25) is 0 Å². The highest BCUT2D eigenvalue weighted by molar-refractivity contribution is 9.10. The fourth-order valence-corrected chi connectivity index (χ4v) is 2.69. The van der Waals surface area contributed by atoms with Gasteiger partial charge in [0, 0.05) is 35.5 Å². The lowest BCUT2D eigenvalue weighted by Gasteiger charge is -2.16. The van der Waals surface area contributed by atoms with E-state index in [4.69, 9.17) is 0 Å². The number of fused-ring (bicyclic) bond motifs is 1. The Morgan fingerprint density at radius 3 is 2.90 bits per heavy atom. The maximum Gasteiger partial charge on any atom is 0.130 e. The van der Waals surface area contributed by atoms with Crippen molar-refractivity contribution in [2.24, 2.45) is 7.05 Å². The van der Waals surface area contributed by atoms with E-state index in [-0.39, 0.29) is 6.04 Å². The Labute approximate surface area is 126 Å². The third-order valence-electron chi connectivity index (χ3n) is 3.30. The van der Waals surface area contributed by atoms with Crippen LogP contribution in [-0.2, 0) is 7.05 Å². The molecule has 0 saturated carbocycles. The number of nitrogens with zero attached hydrogens (tertiary/aromatic N) is 3.